The van der Waals surface area contributed by atoms with Gasteiger partial charge in [-0.1, -0.05) is 43.2 Å². The maximum Gasteiger partial charge on any atom is 0.239 e. The summed E-state index contributed by atoms with van der Waals surface area (Å²) in [4.78, 5) is 42.1. The average molecular weight is 455 g/mol. The molecule has 180 valence electrons. The first kappa shape index (κ1) is 23.7. The number of likely N-dealkylation sites (tertiary alicyclic amines) is 2. The SMILES string of the molecule is CC(=O)N1CC[C@H]2NC(=O)CNC(=O)C3(CCCC[C@H]2C1)CCN(Cc1ccccc1)CC3. The van der Waals surface area contributed by atoms with Crippen LogP contribution >= 0.6 is 0 Å². The van der Waals surface area contributed by atoms with Gasteiger partial charge in [0.15, 0.2) is 0 Å². The van der Waals surface area contributed by atoms with E-state index in [-0.39, 0.29) is 41.6 Å². The van der Waals surface area contributed by atoms with Crippen molar-refractivity contribution in [3.05, 3.63) is 35.9 Å². The summed E-state index contributed by atoms with van der Waals surface area (Å²) < 4.78 is 0. The highest BCUT2D eigenvalue weighted by atomic mass is 16.2. The Hall–Kier alpha value is -2.41. The van der Waals surface area contributed by atoms with Gasteiger partial charge >= 0.3 is 0 Å². The minimum absolute atomic E-state index is 0.0357. The minimum atomic E-state index is -0.385. The topological polar surface area (TPSA) is 81.8 Å². The maximum absolute atomic E-state index is 13.3. The summed E-state index contributed by atoms with van der Waals surface area (Å²) in [6, 6.07) is 10.6. The smallest absolute Gasteiger partial charge is 0.239 e. The van der Waals surface area contributed by atoms with Crippen LogP contribution in [0.25, 0.3) is 0 Å². The molecular formula is C26H38N4O3. The van der Waals surface area contributed by atoms with E-state index in [0.29, 0.717) is 13.1 Å². The monoisotopic (exact) mass is 454 g/mol. The van der Waals surface area contributed by atoms with Crippen molar-refractivity contribution in [1.82, 2.24) is 20.4 Å². The van der Waals surface area contributed by atoms with E-state index >= 15 is 0 Å². The molecule has 7 nitrogen and oxygen atoms in total. The van der Waals surface area contributed by atoms with Crippen molar-refractivity contribution >= 4 is 17.7 Å². The molecule has 1 spiro atoms. The van der Waals surface area contributed by atoms with Gasteiger partial charge in [0.25, 0.3) is 0 Å². The summed E-state index contributed by atoms with van der Waals surface area (Å²) in [6.45, 7) is 5.76. The Morgan fingerprint density at radius 3 is 2.52 bits per heavy atom. The Balaban J connectivity index is 1.38. The van der Waals surface area contributed by atoms with Crippen LogP contribution < -0.4 is 10.6 Å². The minimum Gasteiger partial charge on any atom is -0.351 e. The molecule has 1 aromatic carbocycles. The molecule has 3 saturated heterocycles. The van der Waals surface area contributed by atoms with E-state index in [4.69, 9.17) is 0 Å². The van der Waals surface area contributed by atoms with Crippen LogP contribution in [0.3, 0.4) is 0 Å². The number of carbonyl (C=O) groups is 3. The highest BCUT2D eigenvalue weighted by Crippen LogP contribution is 2.38. The number of fused-ring (bicyclic) bond motifs is 1. The number of hydrogen-bond acceptors (Lipinski definition) is 4. The first-order valence-corrected chi connectivity index (χ1v) is 12.5. The summed E-state index contributed by atoms with van der Waals surface area (Å²) in [5.74, 6) is 0.317. The number of rotatable bonds is 2. The lowest BCUT2D eigenvalue weighted by Gasteiger charge is -2.42. The molecule has 3 fully saturated rings. The highest BCUT2D eigenvalue weighted by molar-refractivity contribution is 5.88. The van der Waals surface area contributed by atoms with Crippen molar-refractivity contribution in [3.8, 4) is 0 Å². The van der Waals surface area contributed by atoms with Gasteiger partial charge in [0.1, 0.15) is 0 Å². The summed E-state index contributed by atoms with van der Waals surface area (Å²) in [6.07, 6.45) is 6.31. The van der Waals surface area contributed by atoms with E-state index in [0.717, 1.165) is 64.6 Å². The van der Waals surface area contributed by atoms with Crippen LogP contribution in [0.1, 0.15) is 57.4 Å². The fraction of sp³-hybridized carbons (Fsp3) is 0.654. The average Bonchev–Trinajstić information content (AvgIpc) is 2.82. The molecule has 0 bridgehead atoms. The lowest BCUT2D eigenvalue weighted by Crippen LogP contribution is -2.55. The van der Waals surface area contributed by atoms with Crippen LogP contribution in [-0.2, 0) is 20.9 Å². The van der Waals surface area contributed by atoms with Crippen LogP contribution in [-0.4, -0.2) is 66.3 Å². The number of piperidine rings is 2. The first-order chi connectivity index (χ1) is 15.9. The molecule has 0 aliphatic carbocycles. The summed E-state index contributed by atoms with van der Waals surface area (Å²) in [5.41, 5.74) is 0.916. The first-order valence-electron chi connectivity index (χ1n) is 12.5. The summed E-state index contributed by atoms with van der Waals surface area (Å²) in [5, 5.41) is 6.11. The van der Waals surface area contributed by atoms with Gasteiger partial charge < -0.3 is 15.5 Å². The van der Waals surface area contributed by atoms with Gasteiger partial charge in [0, 0.05) is 32.6 Å². The molecule has 3 heterocycles. The molecule has 2 N–H and O–H groups in total. The number of nitrogens with one attached hydrogen (secondary N) is 2. The standard InChI is InChI=1S/C26H38N4O3/c1-20(31)30-14-10-23-22(19-30)9-5-6-11-26(25(33)27-17-24(32)28-23)12-15-29(16-13-26)18-21-7-3-2-4-8-21/h2-4,7-8,22-23H,5-6,9-19H2,1H3,(H,27,33)(H,28,32)/t22-,23+/m0/s1. The predicted molar refractivity (Wildman–Crippen MR) is 127 cm³/mol. The van der Waals surface area contributed by atoms with Crippen LogP contribution in [0.2, 0.25) is 0 Å². The second-order valence-corrected chi connectivity index (χ2v) is 10.2. The van der Waals surface area contributed by atoms with Gasteiger partial charge in [0.05, 0.1) is 12.0 Å². The van der Waals surface area contributed by atoms with Crippen LogP contribution in [0.5, 0.6) is 0 Å². The molecular weight excluding hydrogens is 416 g/mol. The molecule has 3 amide bonds. The Morgan fingerprint density at radius 1 is 1.03 bits per heavy atom. The zero-order chi connectivity index (χ0) is 23.3. The van der Waals surface area contributed by atoms with Crippen molar-refractivity contribution < 1.29 is 14.4 Å². The fourth-order valence-corrected chi connectivity index (χ4v) is 5.85. The quantitative estimate of drug-likeness (QED) is 0.719. The molecule has 2 atom stereocenters. The molecule has 33 heavy (non-hydrogen) atoms. The third kappa shape index (κ3) is 5.94. The van der Waals surface area contributed by atoms with E-state index in [1.165, 1.54) is 5.56 Å². The predicted octanol–water partition coefficient (Wildman–Crippen LogP) is 2.31. The van der Waals surface area contributed by atoms with Gasteiger partial charge in [-0.2, -0.15) is 0 Å². The molecule has 1 aromatic rings. The molecule has 7 heteroatoms. The number of benzene rings is 1. The number of nitrogens with zero attached hydrogens (tertiary/aromatic N) is 2. The van der Waals surface area contributed by atoms with E-state index in [1.54, 1.807) is 6.92 Å². The van der Waals surface area contributed by atoms with Crippen molar-refractivity contribution in [2.24, 2.45) is 11.3 Å². The Labute approximate surface area is 197 Å². The summed E-state index contributed by atoms with van der Waals surface area (Å²) in [7, 11) is 0. The van der Waals surface area contributed by atoms with Gasteiger partial charge in [-0.25, -0.2) is 0 Å². The van der Waals surface area contributed by atoms with E-state index in [2.05, 4.69) is 39.8 Å². The third-order valence-corrected chi connectivity index (χ3v) is 7.96. The molecule has 3 aliphatic rings. The second kappa shape index (κ2) is 10.7. The lowest BCUT2D eigenvalue weighted by atomic mass is 9.73. The Bertz CT molecular complexity index is 835. The number of hydrogen-bond donors (Lipinski definition) is 2. The van der Waals surface area contributed by atoms with E-state index in [9.17, 15) is 14.4 Å². The van der Waals surface area contributed by atoms with Gasteiger partial charge in [-0.05, 0) is 56.7 Å². The third-order valence-electron chi connectivity index (χ3n) is 7.96. The van der Waals surface area contributed by atoms with Crippen LogP contribution in [0.15, 0.2) is 30.3 Å². The number of amides is 3. The Morgan fingerprint density at radius 2 is 1.79 bits per heavy atom. The largest absolute Gasteiger partial charge is 0.351 e. The Kier molecular flexibility index (Phi) is 7.68. The number of carbonyl (C=O) groups excluding carboxylic acids is 3. The molecule has 3 aliphatic heterocycles. The highest BCUT2D eigenvalue weighted by Gasteiger charge is 2.41. The molecule has 4 rings (SSSR count). The van der Waals surface area contributed by atoms with Crippen molar-refractivity contribution in [2.45, 2.75) is 64.5 Å². The van der Waals surface area contributed by atoms with Crippen molar-refractivity contribution in [1.29, 1.82) is 0 Å². The van der Waals surface area contributed by atoms with Crippen molar-refractivity contribution in [2.75, 3.05) is 32.7 Å². The van der Waals surface area contributed by atoms with Gasteiger partial charge in [0.2, 0.25) is 17.7 Å². The fourth-order valence-electron chi connectivity index (χ4n) is 5.85. The van der Waals surface area contributed by atoms with E-state index in [1.807, 2.05) is 11.0 Å². The van der Waals surface area contributed by atoms with Gasteiger partial charge in [-0.3, -0.25) is 19.3 Å². The van der Waals surface area contributed by atoms with Crippen LogP contribution in [0, 0.1) is 11.3 Å². The lowest BCUT2D eigenvalue weighted by molar-refractivity contribution is -0.137. The normalized spacial score (nSPS) is 27.0. The molecule has 0 aromatic heterocycles. The second-order valence-electron chi connectivity index (χ2n) is 10.2. The van der Waals surface area contributed by atoms with Crippen LogP contribution in [0.4, 0.5) is 0 Å². The molecule has 0 radical (unpaired) electrons. The summed E-state index contributed by atoms with van der Waals surface area (Å²) >= 11 is 0. The molecule has 0 unspecified atom stereocenters. The zero-order valence-electron chi connectivity index (χ0n) is 19.9. The van der Waals surface area contributed by atoms with E-state index < -0.39 is 0 Å². The zero-order valence-corrected chi connectivity index (χ0v) is 19.9. The van der Waals surface area contributed by atoms with Crippen molar-refractivity contribution in [3.63, 3.8) is 0 Å². The van der Waals surface area contributed by atoms with Gasteiger partial charge in [-0.15, -0.1) is 0 Å². The maximum atomic E-state index is 13.3. The molecule has 0 saturated carbocycles.